The number of hydrogen-bond acceptors (Lipinski definition) is 4. The molecule has 2 amide bonds. The van der Waals surface area contributed by atoms with Crippen LogP contribution >= 0.6 is 0 Å². The van der Waals surface area contributed by atoms with Gasteiger partial charge in [-0.1, -0.05) is 6.07 Å². The Morgan fingerprint density at radius 3 is 2.74 bits per heavy atom. The second-order valence-electron chi connectivity index (χ2n) is 7.68. The lowest BCUT2D eigenvalue weighted by Gasteiger charge is -2.32. The number of fused-ring (bicyclic) bond motifs is 1. The molecule has 1 aliphatic heterocycles. The Hall–Kier alpha value is -3.49. The lowest BCUT2D eigenvalue weighted by atomic mass is 9.96. The average molecular weight is 425 g/mol. The molecular formula is C22H24FN5O3. The highest BCUT2D eigenvalue weighted by atomic mass is 19.1. The minimum atomic E-state index is -0.390. The highest BCUT2D eigenvalue weighted by Crippen LogP contribution is 2.19. The number of aromatic nitrogens is 3. The van der Waals surface area contributed by atoms with E-state index in [4.69, 9.17) is 0 Å². The Balaban J connectivity index is 1.27. The average Bonchev–Trinajstić information content (AvgIpc) is 3.12. The van der Waals surface area contributed by atoms with Crippen LogP contribution in [-0.2, 0) is 11.3 Å². The van der Waals surface area contributed by atoms with Crippen LogP contribution < -0.4 is 11.0 Å². The number of rotatable bonds is 6. The SMILES string of the molecule is O=C(NCCCn1nc2ccccn2c1=O)C1CCCN(C(=O)c2ccc(F)cc2)C1. The zero-order valence-electron chi connectivity index (χ0n) is 17.0. The van der Waals surface area contributed by atoms with E-state index in [-0.39, 0.29) is 23.4 Å². The first-order chi connectivity index (χ1) is 15.0. The molecule has 0 spiro atoms. The zero-order valence-corrected chi connectivity index (χ0v) is 17.0. The number of carbonyl (C=O) groups is 2. The summed E-state index contributed by atoms with van der Waals surface area (Å²) >= 11 is 0. The van der Waals surface area contributed by atoms with Crippen molar-refractivity contribution in [3.05, 3.63) is 70.5 Å². The Bertz CT molecular complexity index is 1140. The quantitative estimate of drug-likeness (QED) is 0.609. The standard InChI is InChI=1S/C22H24FN5O3/c23-18-9-7-16(8-10-18)21(30)26-12-3-5-17(15-26)20(29)24-11-4-14-28-22(31)27-13-2-1-6-19(27)25-28/h1-2,6-10,13,17H,3-5,11-12,14-15H2,(H,24,29). The number of nitrogens with zero attached hydrogens (tertiary/aromatic N) is 4. The van der Waals surface area contributed by atoms with E-state index < -0.39 is 5.82 Å². The van der Waals surface area contributed by atoms with Gasteiger partial charge in [0.15, 0.2) is 5.65 Å². The third kappa shape index (κ3) is 4.65. The molecule has 9 heteroatoms. The van der Waals surface area contributed by atoms with Crippen molar-refractivity contribution in [2.75, 3.05) is 19.6 Å². The van der Waals surface area contributed by atoms with E-state index in [1.54, 1.807) is 23.2 Å². The molecule has 3 aromatic rings. The minimum Gasteiger partial charge on any atom is -0.356 e. The molecule has 0 radical (unpaired) electrons. The van der Waals surface area contributed by atoms with Crippen molar-refractivity contribution in [3.8, 4) is 0 Å². The fourth-order valence-electron chi connectivity index (χ4n) is 3.85. The van der Waals surface area contributed by atoms with Gasteiger partial charge in [-0.3, -0.25) is 14.0 Å². The van der Waals surface area contributed by atoms with Crippen LogP contribution in [0.2, 0.25) is 0 Å². The number of likely N-dealkylation sites (tertiary alicyclic amines) is 1. The number of amides is 2. The largest absolute Gasteiger partial charge is 0.356 e. The normalized spacial score (nSPS) is 16.4. The summed E-state index contributed by atoms with van der Waals surface area (Å²) in [5.41, 5.74) is 0.800. The maximum atomic E-state index is 13.1. The lowest BCUT2D eigenvalue weighted by Crippen LogP contribution is -2.45. The molecule has 1 unspecified atom stereocenters. The molecule has 31 heavy (non-hydrogen) atoms. The second kappa shape index (κ2) is 9.11. The summed E-state index contributed by atoms with van der Waals surface area (Å²) in [6, 6.07) is 10.8. The molecular weight excluding hydrogens is 401 g/mol. The number of hydrogen-bond donors (Lipinski definition) is 1. The van der Waals surface area contributed by atoms with Gasteiger partial charge in [-0.05, 0) is 55.7 Å². The number of halogens is 1. The molecule has 4 rings (SSSR count). The maximum absolute atomic E-state index is 13.1. The Morgan fingerprint density at radius 1 is 1.16 bits per heavy atom. The van der Waals surface area contributed by atoms with E-state index in [9.17, 15) is 18.8 Å². The topological polar surface area (TPSA) is 88.7 Å². The van der Waals surface area contributed by atoms with Crippen LogP contribution in [0.15, 0.2) is 53.5 Å². The van der Waals surface area contributed by atoms with Gasteiger partial charge in [0.25, 0.3) is 5.91 Å². The molecule has 0 bridgehead atoms. The molecule has 0 aliphatic carbocycles. The molecule has 162 valence electrons. The van der Waals surface area contributed by atoms with Crippen LogP contribution in [0.3, 0.4) is 0 Å². The molecule has 2 aromatic heterocycles. The van der Waals surface area contributed by atoms with Gasteiger partial charge in [0.2, 0.25) is 5.91 Å². The minimum absolute atomic E-state index is 0.0982. The monoisotopic (exact) mass is 425 g/mol. The zero-order chi connectivity index (χ0) is 21.8. The van der Waals surface area contributed by atoms with Crippen LogP contribution in [0, 0.1) is 11.7 Å². The van der Waals surface area contributed by atoms with E-state index >= 15 is 0 Å². The number of aryl methyl sites for hydroxylation is 1. The van der Waals surface area contributed by atoms with Gasteiger partial charge in [-0.25, -0.2) is 13.9 Å². The number of carbonyl (C=O) groups excluding carboxylic acids is 2. The number of pyridine rings is 1. The summed E-state index contributed by atoms with van der Waals surface area (Å²) in [5, 5.41) is 7.18. The molecule has 1 fully saturated rings. The second-order valence-corrected chi connectivity index (χ2v) is 7.68. The van der Waals surface area contributed by atoms with Crippen molar-refractivity contribution in [2.45, 2.75) is 25.8 Å². The van der Waals surface area contributed by atoms with Crippen LogP contribution in [0.1, 0.15) is 29.6 Å². The molecule has 0 saturated carbocycles. The fourth-order valence-corrected chi connectivity index (χ4v) is 3.85. The first-order valence-electron chi connectivity index (χ1n) is 10.4. The Labute approximate surface area is 178 Å². The number of piperidine rings is 1. The van der Waals surface area contributed by atoms with Gasteiger partial charge in [-0.2, -0.15) is 0 Å². The summed E-state index contributed by atoms with van der Waals surface area (Å²) in [4.78, 5) is 39.1. The van der Waals surface area contributed by atoms with Gasteiger partial charge in [-0.15, -0.1) is 5.10 Å². The molecule has 3 heterocycles. The molecule has 8 nitrogen and oxygen atoms in total. The van der Waals surface area contributed by atoms with Crippen molar-refractivity contribution in [1.82, 2.24) is 24.4 Å². The summed E-state index contributed by atoms with van der Waals surface area (Å²) in [5.74, 6) is -0.961. The highest BCUT2D eigenvalue weighted by molar-refractivity contribution is 5.94. The fraction of sp³-hybridized carbons (Fsp3) is 0.364. The third-order valence-electron chi connectivity index (χ3n) is 5.50. The van der Waals surface area contributed by atoms with E-state index in [2.05, 4.69) is 10.4 Å². The van der Waals surface area contributed by atoms with Gasteiger partial charge in [0.1, 0.15) is 5.82 Å². The van der Waals surface area contributed by atoms with Gasteiger partial charge in [0, 0.05) is 37.9 Å². The van der Waals surface area contributed by atoms with Crippen molar-refractivity contribution >= 4 is 17.5 Å². The lowest BCUT2D eigenvalue weighted by molar-refractivity contribution is -0.126. The van der Waals surface area contributed by atoms with Crippen LogP contribution in [0.25, 0.3) is 5.65 Å². The Morgan fingerprint density at radius 2 is 1.97 bits per heavy atom. The highest BCUT2D eigenvalue weighted by Gasteiger charge is 2.28. The summed E-state index contributed by atoms with van der Waals surface area (Å²) in [7, 11) is 0. The van der Waals surface area contributed by atoms with E-state index in [0.29, 0.717) is 50.2 Å². The van der Waals surface area contributed by atoms with Gasteiger partial charge < -0.3 is 10.2 Å². The molecule has 1 N–H and O–H groups in total. The first kappa shape index (κ1) is 20.8. The van der Waals surface area contributed by atoms with Crippen molar-refractivity contribution in [1.29, 1.82) is 0 Å². The summed E-state index contributed by atoms with van der Waals surface area (Å²) < 4.78 is 16.0. The summed E-state index contributed by atoms with van der Waals surface area (Å²) in [6.07, 6.45) is 3.69. The molecule has 1 saturated heterocycles. The van der Waals surface area contributed by atoms with Crippen LogP contribution in [0.4, 0.5) is 4.39 Å². The van der Waals surface area contributed by atoms with E-state index in [0.717, 1.165) is 6.42 Å². The van der Waals surface area contributed by atoms with E-state index in [1.807, 2.05) is 6.07 Å². The summed E-state index contributed by atoms with van der Waals surface area (Å²) in [6.45, 7) is 1.74. The predicted octanol–water partition coefficient (Wildman–Crippen LogP) is 1.69. The smallest absolute Gasteiger partial charge is 0.350 e. The third-order valence-corrected chi connectivity index (χ3v) is 5.50. The van der Waals surface area contributed by atoms with Gasteiger partial charge in [0.05, 0.1) is 5.92 Å². The number of nitrogens with one attached hydrogen (secondary N) is 1. The first-order valence-corrected chi connectivity index (χ1v) is 10.4. The van der Waals surface area contributed by atoms with Crippen molar-refractivity contribution in [3.63, 3.8) is 0 Å². The Kier molecular flexibility index (Phi) is 6.11. The van der Waals surface area contributed by atoms with E-state index in [1.165, 1.54) is 33.3 Å². The maximum Gasteiger partial charge on any atom is 0.350 e. The van der Waals surface area contributed by atoms with Crippen LogP contribution in [-0.4, -0.2) is 50.5 Å². The number of benzene rings is 1. The molecule has 1 atom stereocenters. The predicted molar refractivity (Wildman–Crippen MR) is 112 cm³/mol. The molecule has 1 aromatic carbocycles. The van der Waals surface area contributed by atoms with Gasteiger partial charge >= 0.3 is 5.69 Å². The molecule has 1 aliphatic rings. The van der Waals surface area contributed by atoms with Crippen molar-refractivity contribution < 1.29 is 14.0 Å². The van der Waals surface area contributed by atoms with Crippen LogP contribution in [0.5, 0.6) is 0 Å². The van der Waals surface area contributed by atoms with Crippen molar-refractivity contribution in [2.24, 2.45) is 5.92 Å².